The van der Waals surface area contributed by atoms with Gasteiger partial charge in [0, 0.05) is 31.1 Å². The van der Waals surface area contributed by atoms with Crippen molar-refractivity contribution < 1.29 is 22.6 Å². The molecule has 5 aromatic rings. The van der Waals surface area contributed by atoms with Crippen molar-refractivity contribution in [3.63, 3.8) is 0 Å². The summed E-state index contributed by atoms with van der Waals surface area (Å²) in [6.07, 6.45) is 2.48. The van der Waals surface area contributed by atoms with Gasteiger partial charge in [0.1, 0.15) is 17.8 Å². The number of hydrogen-bond acceptors (Lipinski definition) is 7. The highest BCUT2D eigenvalue weighted by Gasteiger charge is 2.33. The second kappa shape index (κ2) is 9.78. The predicted molar refractivity (Wildman–Crippen MR) is 124 cm³/mol. The number of fused-ring (bicyclic) bond motifs is 1. The molecule has 0 unspecified atom stereocenters. The Balaban J connectivity index is 1.18. The molecule has 0 N–H and O–H groups in total. The van der Waals surface area contributed by atoms with Crippen LogP contribution in [0.5, 0.6) is 17.4 Å². The number of ether oxygens (including phenoxy) is 2. The van der Waals surface area contributed by atoms with Crippen LogP contribution in [-0.4, -0.2) is 36.2 Å². The van der Waals surface area contributed by atoms with Crippen molar-refractivity contribution in [1.29, 1.82) is 0 Å². The van der Waals surface area contributed by atoms with E-state index in [1.54, 1.807) is 41.2 Å². The van der Waals surface area contributed by atoms with Crippen LogP contribution in [0.2, 0.25) is 5.02 Å². The van der Waals surface area contributed by atoms with Crippen LogP contribution in [0.1, 0.15) is 11.1 Å². The Labute approximate surface area is 207 Å². The van der Waals surface area contributed by atoms with Crippen molar-refractivity contribution in [2.24, 2.45) is 0 Å². The van der Waals surface area contributed by atoms with Gasteiger partial charge in [0.2, 0.25) is 5.88 Å². The Bertz CT molecular complexity index is 1490. The van der Waals surface area contributed by atoms with Gasteiger partial charge < -0.3 is 9.47 Å². The summed E-state index contributed by atoms with van der Waals surface area (Å²) in [7, 11) is 0. The third-order valence-corrected chi connectivity index (χ3v) is 5.45. The number of aromatic nitrogens is 6. The van der Waals surface area contributed by atoms with E-state index in [9.17, 15) is 13.2 Å². The van der Waals surface area contributed by atoms with Crippen LogP contribution in [0.4, 0.5) is 13.2 Å². The van der Waals surface area contributed by atoms with Crippen LogP contribution in [0.15, 0.2) is 73.4 Å². The Morgan fingerprint density at radius 2 is 1.67 bits per heavy atom. The lowest BCUT2D eigenvalue weighted by Gasteiger charge is -2.12. The maximum absolute atomic E-state index is 13.0. The zero-order valence-corrected chi connectivity index (χ0v) is 19.1. The predicted octanol–water partition coefficient (Wildman–Crippen LogP) is 5.67. The van der Waals surface area contributed by atoms with Crippen molar-refractivity contribution in [2.75, 3.05) is 6.61 Å². The third-order valence-electron chi connectivity index (χ3n) is 5.12. The number of rotatable bonds is 7. The molecule has 0 saturated carbocycles. The molecule has 36 heavy (non-hydrogen) atoms. The van der Waals surface area contributed by atoms with E-state index in [4.69, 9.17) is 21.1 Å². The highest BCUT2D eigenvalue weighted by Crippen LogP contribution is 2.37. The van der Waals surface area contributed by atoms with Gasteiger partial charge in [-0.3, -0.25) is 4.40 Å². The van der Waals surface area contributed by atoms with Crippen LogP contribution in [0, 0.1) is 0 Å². The molecule has 12 heteroatoms. The second-order valence-electron chi connectivity index (χ2n) is 7.57. The number of halogens is 4. The third kappa shape index (κ3) is 5.20. The van der Waals surface area contributed by atoms with E-state index in [0.717, 1.165) is 17.7 Å². The Morgan fingerprint density at radius 1 is 0.917 bits per heavy atom. The van der Waals surface area contributed by atoms with E-state index in [1.807, 2.05) is 12.1 Å². The van der Waals surface area contributed by atoms with E-state index in [0.29, 0.717) is 41.8 Å². The monoisotopic (exact) mass is 512 g/mol. The molecule has 0 bridgehead atoms. The summed E-state index contributed by atoms with van der Waals surface area (Å²) in [5.41, 5.74) is 0.716. The molecule has 2 aromatic carbocycles. The lowest BCUT2D eigenvalue weighted by molar-refractivity contribution is -0.137. The molecule has 0 saturated heterocycles. The van der Waals surface area contributed by atoms with Crippen molar-refractivity contribution in [3.8, 4) is 28.8 Å². The first-order chi connectivity index (χ1) is 17.4. The first kappa shape index (κ1) is 23.5. The van der Waals surface area contributed by atoms with Crippen molar-refractivity contribution in [2.45, 2.75) is 12.6 Å². The maximum Gasteiger partial charge on any atom is 0.417 e. The average Bonchev–Trinajstić information content (AvgIpc) is 3.29. The molecule has 0 spiro atoms. The van der Waals surface area contributed by atoms with E-state index < -0.39 is 11.7 Å². The zero-order valence-electron chi connectivity index (χ0n) is 18.4. The largest absolute Gasteiger partial charge is 0.477 e. The van der Waals surface area contributed by atoms with Gasteiger partial charge in [-0.1, -0.05) is 23.7 Å². The fraction of sp³-hybridized carbons (Fsp3) is 0.125. The maximum atomic E-state index is 13.0. The number of benzene rings is 2. The summed E-state index contributed by atoms with van der Waals surface area (Å²) in [4.78, 5) is 12.3. The van der Waals surface area contributed by atoms with Crippen LogP contribution < -0.4 is 9.47 Å². The summed E-state index contributed by atoms with van der Waals surface area (Å²) in [6, 6.07) is 12.1. The molecule has 0 atom stereocenters. The number of alkyl halides is 3. The van der Waals surface area contributed by atoms with Crippen LogP contribution in [-0.2, 0) is 12.6 Å². The molecule has 3 aromatic heterocycles. The molecule has 0 aliphatic heterocycles. The van der Waals surface area contributed by atoms with Gasteiger partial charge in [-0.2, -0.15) is 18.2 Å². The summed E-state index contributed by atoms with van der Waals surface area (Å²) in [6.45, 7) is 0.350. The molecule has 182 valence electrons. The topological polar surface area (TPSA) is 87.3 Å². The quantitative estimate of drug-likeness (QED) is 0.278. The minimum absolute atomic E-state index is 0.0423. The zero-order chi connectivity index (χ0) is 25.1. The Morgan fingerprint density at radius 3 is 2.42 bits per heavy atom. The molecule has 0 aliphatic rings. The fourth-order valence-electron chi connectivity index (χ4n) is 3.38. The first-order valence-corrected chi connectivity index (χ1v) is 11.0. The standard InChI is InChI=1S/C24H16ClF3N6O2/c25-20-6-5-18(11-19(20)24(26,27)28)36-17-3-1-15(2-4-17)8-10-35-21-7-9-34-22(32-33-23(34)31-21)16-12-29-14-30-13-16/h1-7,9,11-14H,8,10H2. The Kier molecular flexibility index (Phi) is 6.38. The second-order valence-corrected chi connectivity index (χ2v) is 7.98. The molecule has 0 radical (unpaired) electrons. The van der Waals surface area contributed by atoms with Gasteiger partial charge in [-0.15, -0.1) is 10.2 Å². The van der Waals surface area contributed by atoms with Crippen molar-refractivity contribution in [3.05, 3.63) is 89.6 Å². The smallest absolute Gasteiger partial charge is 0.417 e. The summed E-state index contributed by atoms with van der Waals surface area (Å²) in [5.74, 6) is 1.78. The lowest BCUT2D eigenvalue weighted by Crippen LogP contribution is -2.06. The Hall–Kier alpha value is -4.25. The van der Waals surface area contributed by atoms with Crippen molar-refractivity contribution >= 4 is 17.4 Å². The van der Waals surface area contributed by atoms with E-state index >= 15 is 0 Å². The number of hydrogen-bond donors (Lipinski definition) is 0. The molecule has 3 heterocycles. The first-order valence-electron chi connectivity index (χ1n) is 10.6. The highest BCUT2D eigenvalue weighted by molar-refractivity contribution is 6.31. The van der Waals surface area contributed by atoms with E-state index in [1.165, 1.54) is 12.4 Å². The van der Waals surface area contributed by atoms with Gasteiger partial charge in [0.25, 0.3) is 5.78 Å². The average molecular weight is 513 g/mol. The van der Waals surface area contributed by atoms with Crippen molar-refractivity contribution in [1.82, 2.24) is 29.5 Å². The van der Waals surface area contributed by atoms with Gasteiger partial charge in [0.15, 0.2) is 5.82 Å². The fourth-order valence-corrected chi connectivity index (χ4v) is 3.61. The van der Waals surface area contributed by atoms with E-state index in [-0.39, 0.29) is 10.8 Å². The minimum atomic E-state index is -4.56. The SMILES string of the molecule is FC(F)(F)c1cc(Oc2ccc(CCOc3ccn4c(-c5cncnc5)nnc4n3)cc2)ccc1Cl. The normalized spacial score (nSPS) is 11.6. The molecular weight excluding hydrogens is 497 g/mol. The summed E-state index contributed by atoms with van der Waals surface area (Å²) in [5, 5.41) is 7.83. The van der Waals surface area contributed by atoms with Crippen LogP contribution >= 0.6 is 11.6 Å². The van der Waals surface area contributed by atoms with Crippen LogP contribution in [0.25, 0.3) is 17.2 Å². The van der Waals surface area contributed by atoms with E-state index in [2.05, 4.69) is 25.1 Å². The molecule has 0 fully saturated rings. The molecule has 0 aliphatic carbocycles. The van der Waals surface area contributed by atoms with Gasteiger partial charge in [0.05, 0.1) is 22.8 Å². The summed E-state index contributed by atoms with van der Waals surface area (Å²) < 4.78 is 52.1. The molecule has 0 amide bonds. The molecule has 5 rings (SSSR count). The molecular formula is C24H16ClF3N6O2. The molecule has 8 nitrogen and oxygen atoms in total. The number of nitrogens with zero attached hydrogens (tertiary/aromatic N) is 6. The summed E-state index contributed by atoms with van der Waals surface area (Å²) >= 11 is 5.65. The van der Waals surface area contributed by atoms with Gasteiger partial charge in [-0.25, -0.2) is 9.97 Å². The van der Waals surface area contributed by atoms with Gasteiger partial charge >= 0.3 is 6.18 Å². The van der Waals surface area contributed by atoms with Gasteiger partial charge in [-0.05, 0) is 35.9 Å². The lowest BCUT2D eigenvalue weighted by atomic mass is 10.1. The highest BCUT2D eigenvalue weighted by atomic mass is 35.5. The van der Waals surface area contributed by atoms with Crippen LogP contribution in [0.3, 0.4) is 0 Å². The minimum Gasteiger partial charge on any atom is -0.477 e.